The number of methoxy groups -OCH3 is 1. The van der Waals surface area contributed by atoms with Crippen LogP contribution in [0, 0.1) is 13.8 Å². The Balaban J connectivity index is 2.07. The molecule has 1 N–H and O–H groups in total. The number of amides is 2. The summed E-state index contributed by atoms with van der Waals surface area (Å²) in [5.74, 6) is -0.133. The number of nitrogens with zero attached hydrogens (tertiary/aromatic N) is 2. The van der Waals surface area contributed by atoms with E-state index in [2.05, 4.69) is 5.32 Å². The number of unbranched alkanes of at least 4 members (excludes halogenated alkanes) is 1. The maximum atomic E-state index is 14.2. The second kappa shape index (κ2) is 15.1. The van der Waals surface area contributed by atoms with Crippen LogP contribution in [0.2, 0.25) is 5.02 Å². The standard InChI is InChI=1S/C32H40ClN3O5S/c1-6-8-20-34-32(38)29(7-2)35(21-25-14-16-26(41-5)17-15-25)31(37)22-36(30-11-9-10-28(33)24(30)4)42(39,40)27-18-12-23(3)13-19-27/h9-19,29H,6-8,20-22H2,1-5H3,(H,34,38)/t29-/m0/s1. The van der Waals surface area contributed by atoms with Crippen LogP contribution >= 0.6 is 11.6 Å². The Morgan fingerprint density at radius 3 is 2.24 bits per heavy atom. The lowest BCUT2D eigenvalue weighted by Crippen LogP contribution is -2.52. The zero-order valence-electron chi connectivity index (χ0n) is 24.9. The molecule has 0 spiro atoms. The second-order valence-electron chi connectivity index (χ2n) is 10.1. The minimum atomic E-state index is -4.18. The van der Waals surface area contributed by atoms with Crippen LogP contribution in [0.15, 0.2) is 71.6 Å². The Morgan fingerprint density at radius 1 is 0.976 bits per heavy atom. The number of anilines is 1. The highest BCUT2D eigenvalue weighted by molar-refractivity contribution is 7.92. The average Bonchev–Trinajstić information content (AvgIpc) is 2.98. The lowest BCUT2D eigenvalue weighted by Gasteiger charge is -2.33. The molecule has 0 fully saturated rings. The maximum Gasteiger partial charge on any atom is 0.264 e. The molecule has 0 aliphatic rings. The van der Waals surface area contributed by atoms with E-state index in [1.807, 2.05) is 32.9 Å². The first-order chi connectivity index (χ1) is 20.0. The van der Waals surface area contributed by atoms with Crippen molar-refractivity contribution < 1.29 is 22.7 Å². The van der Waals surface area contributed by atoms with Crippen molar-refractivity contribution in [2.24, 2.45) is 0 Å². The number of halogens is 1. The summed E-state index contributed by atoms with van der Waals surface area (Å²) in [6.45, 7) is 7.52. The number of nitrogens with one attached hydrogen (secondary N) is 1. The van der Waals surface area contributed by atoms with Crippen molar-refractivity contribution in [2.45, 2.75) is 64.4 Å². The largest absolute Gasteiger partial charge is 0.497 e. The van der Waals surface area contributed by atoms with E-state index >= 15 is 0 Å². The topological polar surface area (TPSA) is 96.0 Å². The Hall–Kier alpha value is -3.56. The molecule has 0 bridgehead atoms. The molecule has 8 nitrogen and oxygen atoms in total. The Kier molecular flexibility index (Phi) is 11.8. The monoisotopic (exact) mass is 613 g/mol. The number of carbonyl (C=O) groups excluding carboxylic acids is 2. The number of ether oxygens (including phenoxy) is 1. The van der Waals surface area contributed by atoms with Crippen LogP contribution in [-0.2, 0) is 26.2 Å². The van der Waals surface area contributed by atoms with E-state index in [-0.39, 0.29) is 17.3 Å². The predicted octanol–water partition coefficient (Wildman–Crippen LogP) is 5.88. The zero-order chi connectivity index (χ0) is 30.9. The van der Waals surface area contributed by atoms with Gasteiger partial charge in [-0.15, -0.1) is 0 Å². The summed E-state index contributed by atoms with van der Waals surface area (Å²) in [6, 6.07) is 17.8. The summed E-state index contributed by atoms with van der Waals surface area (Å²) >= 11 is 6.40. The minimum absolute atomic E-state index is 0.0475. The van der Waals surface area contributed by atoms with E-state index in [9.17, 15) is 18.0 Å². The van der Waals surface area contributed by atoms with E-state index in [0.29, 0.717) is 35.0 Å². The quantitative estimate of drug-likeness (QED) is 0.229. The average molecular weight is 614 g/mol. The van der Waals surface area contributed by atoms with Gasteiger partial charge in [-0.1, -0.05) is 67.8 Å². The van der Waals surface area contributed by atoms with E-state index in [4.69, 9.17) is 16.3 Å². The van der Waals surface area contributed by atoms with Crippen LogP contribution in [0.3, 0.4) is 0 Å². The molecule has 0 aliphatic heterocycles. The van der Waals surface area contributed by atoms with Crippen molar-refractivity contribution >= 4 is 39.1 Å². The summed E-state index contributed by atoms with van der Waals surface area (Å²) in [5, 5.41) is 3.31. The van der Waals surface area contributed by atoms with Crippen LogP contribution in [0.5, 0.6) is 5.75 Å². The highest BCUT2D eigenvalue weighted by atomic mass is 35.5. The molecule has 0 saturated heterocycles. The van der Waals surface area contributed by atoms with Gasteiger partial charge in [0.2, 0.25) is 11.8 Å². The van der Waals surface area contributed by atoms with Gasteiger partial charge in [0.15, 0.2) is 0 Å². The molecule has 0 aromatic heterocycles. The maximum absolute atomic E-state index is 14.2. The first-order valence-electron chi connectivity index (χ1n) is 14.1. The smallest absolute Gasteiger partial charge is 0.264 e. The van der Waals surface area contributed by atoms with Gasteiger partial charge in [-0.2, -0.15) is 0 Å². The van der Waals surface area contributed by atoms with Gasteiger partial charge in [-0.3, -0.25) is 13.9 Å². The predicted molar refractivity (Wildman–Crippen MR) is 167 cm³/mol. The normalized spacial score (nSPS) is 12.0. The van der Waals surface area contributed by atoms with E-state index < -0.39 is 28.5 Å². The summed E-state index contributed by atoms with van der Waals surface area (Å²) in [7, 11) is -2.61. The molecular formula is C32H40ClN3O5S. The van der Waals surface area contributed by atoms with Crippen LogP contribution in [-0.4, -0.2) is 51.4 Å². The fraction of sp³-hybridized carbons (Fsp3) is 0.375. The highest BCUT2D eigenvalue weighted by Crippen LogP contribution is 2.31. The highest BCUT2D eigenvalue weighted by Gasteiger charge is 2.34. The Morgan fingerprint density at radius 2 is 1.64 bits per heavy atom. The van der Waals surface area contributed by atoms with Crippen molar-refractivity contribution in [3.8, 4) is 5.75 Å². The fourth-order valence-electron chi connectivity index (χ4n) is 4.57. The van der Waals surface area contributed by atoms with Gasteiger partial charge in [0, 0.05) is 18.1 Å². The van der Waals surface area contributed by atoms with Gasteiger partial charge >= 0.3 is 0 Å². The van der Waals surface area contributed by atoms with Gasteiger partial charge in [-0.25, -0.2) is 8.42 Å². The molecule has 0 saturated carbocycles. The lowest BCUT2D eigenvalue weighted by atomic mass is 10.1. The van der Waals surface area contributed by atoms with Gasteiger partial charge in [0.1, 0.15) is 18.3 Å². The first kappa shape index (κ1) is 32.9. The number of hydrogen-bond donors (Lipinski definition) is 1. The molecule has 0 unspecified atom stereocenters. The number of aryl methyl sites for hydroxylation is 1. The summed E-state index contributed by atoms with van der Waals surface area (Å²) < 4.78 is 34.5. The molecule has 0 aliphatic carbocycles. The summed E-state index contributed by atoms with van der Waals surface area (Å²) in [4.78, 5) is 29.0. The van der Waals surface area contributed by atoms with Crippen molar-refractivity contribution in [3.05, 3.63) is 88.4 Å². The van der Waals surface area contributed by atoms with Gasteiger partial charge < -0.3 is 15.0 Å². The number of rotatable bonds is 14. The molecule has 0 heterocycles. The number of hydrogen-bond acceptors (Lipinski definition) is 5. The Labute approximate surface area is 254 Å². The number of sulfonamides is 1. The van der Waals surface area contributed by atoms with Gasteiger partial charge in [0.05, 0.1) is 17.7 Å². The SMILES string of the molecule is CCCCNC(=O)[C@H](CC)N(Cc1ccc(OC)cc1)C(=O)CN(c1cccc(Cl)c1C)S(=O)(=O)c1ccc(C)cc1. The van der Waals surface area contributed by atoms with Gasteiger partial charge in [0.25, 0.3) is 10.0 Å². The molecule has 2 amide bonds. The van der Waals surface area contributed by atoms with Crippen molar-refractivity contribution in [3.63, 3.8) is 0 Å². The number of carbonyl (C=O) groups is 2. The van der Waals surface area contributed by atoms with Crippen molar-refractivity contribution in [2.75, 3.05) is 24.5 Å². The molecular weight excluding hydrogens is 574 g/mol. The van der Waals surface area contributed by atoms with Crippen LogP contribution in [0.4, 0.5) is 5.69 Å². The van der Waals surface area contributed by atoms with E-state index in [1.54, 1.807) is 56.5 Å². The molecule has 3 rings (SSSR count). The van der Waals surface area contributed by atoms with Crippen LogP contribution in [0.25, 0.3) is 0 Å². The molecule has 10 heteroatoms. The van der Waals surface area contributed by atoms with Crippen LogP contribution in [0.1, 0.15) is 49.8 Å². The van der Waals surface area contributed by atoms with Crippen molar-refractivity contribution in [1.82, 2.24) is 10.2 Å². The number of benzene rings is 3. The zero-order valence-corrected chi connectivity index (χ0v) is 26.5. The van der Waals surface area contributed by atoms with Crippen LogP contribution < -0.4 is 14.4 Å². The second-order valence-corrected chi connectivity index (χ2v) is 12.4. The van der Waals surface area contributed by atoms with E-state index in [0.717, 1.165) is 28.3 Å². The first-order valence-corrected chi connectivity index (χ1v) is 15.9. The summed E-state index contributed by atoms with van der Waals surface area (Å²) in [6.07, 6.45) is 2.07. The fourth-order valence-corrected chi connectivity index (χ4v) is 6.21. The van der Waals surface area contributed by atoms with Crippen molar-refractivity contribution in [1.29, 1.82) is 0 Å². The molecule has 42 heavy (non-hydrogen) atoms. The van der Waals surface area contributed by atoms with Gasteiger partial charge in [-0.05, 0) is 74.2 Å². The third kappa shape index (κ3) is 8.04. The summed E-state index contributed by atoms with van der Waals surface area (Å²) in [5.41, 5.74) is 2.49. The Bertz CT molecular complexity index is 1460. The molecule has 3 aromatic rings. The third-order valence-electron chi connectivity index (χ3n) is 7.12. The molecule has 1 atom stereocenters. The molecule has 226 valence electrons. The molecule has 0 radical (unpaired) electrons. The lowest BCUT2D eigenvalue weighted by molar-refractivity contribution is -0.140. The molecule has 3 aromatic carbocycles. The minimum Gasteiger partial charge on any atom is -0.497 e. The third-order valence-corrected chi connectivity index (χ3v) is 9.31. The van der Waals surface area contributed by atoms with E-state index in [1.165, 1.54) is 17.0 Å².